The normalized spacial score (nSPS) is 20.2. The van der Waals surface area contributed by atoms with Crippen LogP contribution in [-0.4, -0.2) is 61.1 Å². The summed E-state index contributed by atoms with van der Waals surface area (Å²) in [6, 6.07) is 5.28. The van der Waals surface area contributed by atoms with Crippen LogP contribution < -0.4 is 14.8 Å². The molecule has 3 amide bonds. The number of ether oxygens (including phenoxy) is 2. The van der Waals surface area contributed by atoms with Crippen molar-refractivity contribution in [1.29, 1.82) is 0 Å². The van der Waals surface area contributed by atoms with Gasteiger partial charge in [-0.2, -0.15) is 0 Å². The SMILES string of the molecule is O=C(Nc1ccc2c(c1)OCCO2)N1CCCN(C(=O)C2CCC2)CC1. The van der Waals surface area contributed by atoms with Gasteiger partial charge in [-0.15, -0.1) is 0 Å². The van der Waals surface area contributed by atoms with Gasteiger partial charge in [-0.05, 0) is 31.4 Å². The minimum absolute atomic E-state index is 0.139. The highest BCUT2D eigenvalue weighted by Gasteiger charge is 2.31. The maximum absolute atomic E-state index is 12.6. The zero-order valence-corrected chi connectivity index (χ0v) is 14.9. The molecule has 0 spiro atoms. The number of hydrogen-bond acceptors (Lipinski definition) is 4. The number of hydrogen-bond donors (Lipinski definition) is 1. The van der Waals surface area contributed by atoms with Gasteiger partial charge < -0.3 is 24.6 Å². The molecule has 2 fully saturated rings. The fourth-order valence-electron chi connectivity index (χ4n) is 3.58. The van der Waals surface area contributed by atoms with Crippen LogP contribution in [0.5, 0.6) is 11.5 Å². The molecule has 0 aromatic heterocycles. The lowest BCUT2D eigenvalue weighted by Gasteiger charge is -2.31. The molecule has 4 rings (SSSR count). The van der Waals surface area contributed by atoms with Gasteiger partial charge in [0.25, 0.3) is 0 Å². The molecular formula is C19H25N3O4. The predicted octanol–water partition coefficient (Wildman–Crippen LogP) is 2.32. The summed E-state index contributed by atoms with van der Waals surface area (Å²) in [6.07, 6.45) is 4.01. The Kier molecular flexibility index (Phi) is 4.86. The van der Waals surface area contributed by atoms with Crippen LogP contribution in [0.4, 0.5) is 10.5 Å². The van der Waals surface area contributed by atoms with E-state index >= 15 is 0 Å². The monoisotopic (exact) mass is 359 g/mol. The number of carbonyl (C=O) groups excluding carboxylic acids is 2. The fourth-order valence-corrected chi connectivity index (χ4v) is 3.58. The van der Waals surface area contributed by atoms with Crippen LogP contribution in [-0.2, 0) is 4.79 Å². The Morgan fingerprint density at radius 1 is 0.923 bits per heavy atom. The van der Waals surface area contributed by atoms with E-state index in [0.29, 0.717) is 50.0 Å². The summed E-state index contributed by atoms with van der Waals surface area (Å²) in [5.74, 6) is 1.84. The number of carbonyl (C=O) groups is 2. The molecule has 0 unspecified atom stereocenters. The Hall–Kier alpha value is -2.44. The van der Waals surface area contributed by atoms with Crippen LogP contribution in [0.25, 0.3) is 0 Å². The Morgan fingerprint density at radius 3 is 2.42 bits per heavy atom. The van der Waals surface area contributed by atoms with Gasteiger partial charge in [0.15, 0.2) is 11.5 Å². The van der Waals surface area contributed by atoms with Crippen LogP contribution in [0.15, 0.2) is 18.2 Å². The van der Waals surface area contributed by atoms with Crippen molar-refractivity contribution in [2.45, 2.75) is 25.7 Å². The van der Waals surface area contributed by atoms with E-state index in [4.69, 9.17) is 9.47 Å². The highest BCUT2D eigenvalue weighted by atomic mass is 16.6. The zero-order chi connectivity index (χ0) is 17.9. The molecule has 1 aromatic carbocycles. The number of fused-ring (bicyclic) bond motifs is 1. The largest absolute Gasteiger partial charge is 0.486 e. The molecule has 3 aliphatic rings. The van der Waals surface area contributed by atoms with Gasteiger partial charge in [-0.1, -0.05) is 6.42 Å². The summed E-state index contributed by atoms with van der Waals surface area (Å²) in [5, 5.41) is 2.93. The fraction of sp³-hybridized carbons (Fsp3) is 0.579. The topological polar surface area (TPSA) is 71.1 Å². The van der Waals surface area contributed by atoms with Gasteiger partial charge in [0.2, 0.25) is 5.91 Å². The second-order valence-electron chi connectivity index (χ2n) is 7.08. The quantitative estimate of drug-likeness (QED) is 0.880. The third kappa shape index (κ3) is 3.57. The van der Waals surface area contributed by atoms with E-state index in [1.165, 1.54) is 0 Å². The first-order valence-corrected chi connectivity index (χ1v) is 9.45. The van der Waals surface area contributed by atoms with E-state index in [0.717, 1.165) is 32.2 Å². The maximum atomic E-state index is 12.6. The minimum Gasteiger partial charge on any atom is -0.486 e. The van der Waals surface area contributed by atoms with Crippen molar-refractivity contribution in [1.82, 2.24) is 9.80 Å². The Bertz CT molecular complexity index is 689. The molecule has 1 aromatic rings. The van der Waals surface area contributed by atoms with Crippen LogP contribution in [0.1, 0.15) is 25.7 Å². The lowest BCUT2D eigenvalue weighted by Crippen LogP contribution is -2.42. The van der Waals surface area contributed by atoms with Crippen LogP contribution in [0.2, 0.25) is 0 Å². The third-order valence-corrected chi connectivity index (χ3v) is 5.34. The minimum atomic E-state index is -0.139. The van der Waals surface area contributed by atoms with Crippen molar-refractivity contribution in [2.75, 3.05) is 44.7 Å². The van der Waals surface area contributed by atoms with Crippen molar-refractivity contribution in [3.8, 4) is 11.5 Å². The van der Waals surface area contributed by atoms with Gasteiger partial charge >= 0.3 is 6.03 Å². The van der Waals surface area contributed by atoms with E-state index in [1.807, 2.05) is 17.0 Å². The van der Waals surface area contributed by atoms with Crippen molar-refractivity contribution >= 4 is 17.6 Å². The average molecular weight is 359 g/mol. The molecular weight excluding hydrogens is 334 g/mol. The van der Waals surface area contributed by atoms with Crippen molar-refractivity contribution in [2.24, 2.45) is 5.92 Å². The molecule has 7 nitrogen and oxygen atoms in total. The molecule has 26 heavy (non-hydrogen) atoms. The van der Waals surface area contributed by atoms with Crippen molar-refractivity contribution in [3.05, 3.63) is 18.2 Å². The molecule has 0 bridgehead atoms. The van der Waals surface area contributed by atoms with E-state index in [1.54, 1.807) is 11.0 Å². The standard InChI is InChI=1S/C19H25N3O4/c23-18(14-3-1-4-14)21-7-2-8-22(10-9-21)19(24)20-15-5-6-16-17(13-15)26-12-11-25-16/h5-6,13-14H,1-4,7-12H2,(H,20,24). The molecule has 1 aliphatic carbocycles. The highest BCUT2D eigenvalue weighted by molar-refractivity contribution is 5.90. The summed E-state index contributed by atoms with van der Waals surface area (Å²) in [7, 11) is 0. The number of anilines is 1. The molecule has 1 saturated heterocycles. The first kappa shape index (κ1) is 17.0. The van der Waals surface area contributed by atoms with Gasteiger partial charge in [-0.3, -0.25) is 4.79 Å². The number of rotatable bonds is 2. The second kappa shape index (κ2) is 7.43. The summed E-state index contributed by atoms with van der Waals surface area (Å²) >= 11 is 0. The number of benzene rings is 1. The smallest absolute Gasteiger partial charge is 0.321 e. The number of urea groups is 1. The predicted molar refractivity (Wildman–Crippen MR) is 96.6 cm³/mol. The second-order valence-corrected chi connectivity index (χ2v) is 7.08. The molecule has 2 heterocycles. The van der Waals surface area contributed by atoms with Crippen molar-refractivity contribution in [3.63, 3.8) is 0 Å². The van der Waals surface area contributed by atoms with E-state index in [9.17, 15) is 9.59 Å². The molecule has 2 aliphatic heterocycles. The number of nitrogens with zero attached hydrogens (tertiary/aromatic N) is 2. The van der Waals surface area contributed by atoms with E-state index in [2.05, 4.69) is 5.32 Å². The Labute approximate surface area is 153 Å². The van der Waals surface area contributed by atoms with E-state index < -0.39 is 0 Å². The number of amides is 3. The molecule has 1 saturated carbocycles. The Morgan fingerprint density at radius 2 is 1.65 bits per heavy atom. The molecule has 0 atom stereocenters. The number of nitrogens with one attached hydrogen (secondary N) is 1. The third-order valence-electron chi connectivity index (χ3n) is 5.34. The van der Waals surface area contributed by atoms with Crippen LogP contribution in [0.3, 0.4) is 0 Å². The molecule has 7 heteroatoms. The average Bonchev–Trinajstić information content (AvgIpc) is 2.86. The van der Waals surface area contributed by atoms with Gasteiger partial charge in [0.1, 0.15) is 13.2 Å². The van der Waals surface area contributed by atoms with E-state index in [-0.39, 0.29) is 17.9 Å². The molecule has 140 valence electrons. The summed E-state index contributed by atoms with van der Waals surface area (Å²) < 4.78 is 11.1. The van der Waals surface area contributed by atoms with Gasteiger partial charge in [0.05, 0.1) is 0 Å². The zero-order valence-electron chi connectivity index (χ0n) is 14.9. The maximum Gasteiger partial charge on any atom is 0.321 e. The lowest BCUT2D eigenvalue weighted by molar-refractivity contribution is -0.138. The first-order valence-electron chi connectivity index (χ1n) is 9.45. The summed E-state index contributed by atoms with van der Waals surface area (Å²) in [5.41, 5.74) is 0.686. The summed E-state index contributed by atoms with van der Waals surface area (Å²) in [4.78, 5) is 28.7. The highest BCUT2D eigenvalue weighted by Crippen LogP contribution is 2.32. The summed E-state index contributed by atoms with van der Waals surface area (Å²) in [6.45, 7) is 3.64. The van der Waals surface area contributed by atoms with Gasteiger partial charge in [-0.25, -0.2) is 4.79 Å². The molecule has 1 N–H and O–H groups in total. The van der Waals surface area contributed by atoms with Crippen LogP contribution in [0, 0.1) is 5.92 Å². The Balaban J connectivity index is 1.34. The lowest BCUT2D eigenvalue weighted by atomic mass is 9.84. The molecule has 0 radical (unpaired) electrons. The van der Waals surface area contributed by atoms with Crippen LogP contribution >= 0.6 is 0 Å². The first-order chi connectivity index (χ1) is 12.7. The van der Waals surface area contributed by atoms with Crippen molar-refractivity contribution < 1.29 is 19.1 Å². The van der Waals surface area contributed by atoms with Gasteiger partial charge in [0, 0.05) is 43.9 Å².